The van der Waals surface area contributed by atoms with E-state index in [1.54, 1.807) is 6.07 Å². The molecule has 0 spiro atoms. The van der Waals surface area contributed by atoms with Crippen LogP contribution in [0.3, 0.4) is 0 Å². The van der Waals surface area contributed by atoms with Crippen molar-refractivity contribution in [3.63, 3.8) is 0 Å². The lowest BCUT2D eigenvalue weighted by molar-refractivity contribution is -0.138. The van der Waals surface area contributed by atoms with E-state index in [0.29, 0.717) is 17.1 Å². The van der Waals surface area contributed by atoms with Crippen LogP contribution in [-0.2, 0) is 0 Å². The van der Waals surface area contributed by atoms with Crippen LogP contribution in [0.4, 0.5) is 13.2 Å². The topological polar surface area (TPSA) is 44.5 Å². The minimum atomic E-state index is -4.27. The predicted molar refractivity (Wildman–Crippen MR) is 50.2 cm³/mol. The molecule has 1 atom stereocenters. The van der Waals surface area contributed by atoms with Gasteiger partial charge in [0.2, 0.25) is 6.79 Å². The fourth-order valence-electron chi connectivity index (χ4n) is 1.51. The van der Waals surface area contributed by atoms with Crippen LogP contribution < -0.4 is 15.2 Å². The van der Waals surface area contributed by atoms with Crippen LogP contribution in [0.1, 0.15) is 18.0 Å². The van der Waals surface area contributed by atoms with E-state index in [2.05, 4.69) is 0 Å². The molecule has 2 N–H and O–H groups in total. The number of rotatable bonds is 2. The van der Waals surface area contributed by atoms with Gasteiger partial charge in [0, 0.05) is 6.04 Å². The molecule has 0 amide bonds. The zero-order valence-corrected chi connectivity index (χ0v) is 8.25. The second kappa shape index (κ2) is 3.86. The number of nitrogens with two attached hydrogens (primary N) is 1. The Kier molecular flexibility index (Phi) is 2.67. The third-order valence-electron chi connectivity index (χ3n) is 2.28. The van der Waals surface area contributed by atoms with Gasteiger partial charge in [0.15, 0.2) is 11.5 Å². The SMILES string of the molecule is N[C@H](CC(F)(F)F)c1ccc2c(c1)OCO2. The summed E-state index contributed by atoms with van der Waals surface area (Å²) in [6.07, 6.45) is -5.32. The van der Waals surface area contributed by atoms with Crippen LogP contribution in [0.15, 0.2) is 18.2 Å². The highest BCUT2D eigenvalue weighted by Gasteiger charge is 2.31. The summed E-state index contributed by atoms with van der Waals surface area (Å²) >= 11 is 0. The molecule has 0 saturated carbocycles. The van der Waals surface area contributed by atoms with Gasteiger partial charge in [-0.3, -0.25) is 0 Å². The zero-order chi connectivity index (χ0) is 11.8. The Morgan fingerprint density at radius 2 is 1.94 bits per heavy atom. The van der Waals surface area contributed by atoms with E-state index in [1.807, 2.05) is 0 Å². The summed E-state index contributed by atoms with van der Waals surface area (Å²) < 4.78 is 46.5. The molecule has 6 heteroatoms. The lowest BCUT2D eigenvalue weighted by Crippen LogP contribution is -2.20. The van der Waals surface area contributed by atoms with Crippen LogP contribution in [0.5, 0.6) is 11.5 Å². The van der Waals surface area contributed by atoms with Gasteiger partial charge in [0.05, 0.1) is 6.42 Å². The quantitative estimate of drug-likeness (QED) is 0.852. The minimum absolute atomic E-state index is 0.0906. The molecule has 16 heavy (non-hydrogen) atoms. The van der Waals surface area contributed by atoms with E-state index in [0.717, 1.165) is 0 Å². The molecular formula is C10H10F3NO2. The van der Waals surface area contributed by atoms with Crippen molar-refractivity contribution >= 4 is 0 Å². The molecule has 0 saturated heterocycles. The Bertz CT molecular complexity index is 392. The number of hydrogen-bond acceptors (Lipinski definition) is 3. The van der Waals surface area contributed by atoms with Gasteiger partial charge in [-0.15, -0.1) is 0 Å². The number of halogens is 3. The smallest absolute Gasteiger partial charge is 0.390 e. The molecule has 0 unspecified atom stereocenters. The van der Waals surface area contributed by atoms with Crippen molar-refractivity contribution in [3.8, 4) is 11.5 Å². The standard InChI is InChI=1S/C10H10F3NO2/c11-10(12,13)4-7(14)6-1-2-8-9(3-6)16-5-15-8/h1-3,7H,4-5,14H2/t7-/m1/s1. The summed E-state index contributed by atoms with van der Waals surface area (Å²) in [5.41, 5.74) is 5.85. The summed E-state index contributed by atoms with van der Waals surface area (Å²) in [6.45, 7) is 0.0906. The zero-order valence-electron chi connectivity index (χ0n) is 8.25. The number of ether oxygens (including phenoxy) is 2. The maximum atomic E-state index is 12.1. The van der Waals surface area contributed by atoms with Crippen molar-refractivity contribution in [3.05, 3.63) is 23.8 Å². The van der Waals surface area contributed by atoms with Crippen LogP contribution in [-0.4, -0.2) is 13.0 Å². The predicted octanol–water partition coefficient (Wildman–Crippen LogP) is 2.37. The van der Waals surface area contributed by atoms with E-state index < -0.39 is 18.6 Å². The van der Waals surface area contributed by atoms with Crippen LogP contribution >= 0.6 is 0 Å². The molecule has 0 aliphatic carbocycles. The molecule has 3 nitrogen and oxygen atoms in total. The number of fused-ring (bicyclic) bond motifs is 1. The first-order valence-corrected chi connectivity index (χ1v) is 4.67. The molecule has 1 aromatic carbocycles. The van der Waals surface area contributed by atoms with Crippen molar-refractivity contribution in [2.24, 2.45) is 5.73 Å². The Morgan fingerprint density at radius 3 is 2.62 bits per heavy atom. The van der Waals surface area contributed by atoms with Crippen molar-refractivity contribution in [2.45, 2.75) is 18.6 Å². The average molecular weight is 233 g/mol. The van der Waals surface area contributed by atoms with E-state index in [1.165, 1.54) is 12.1 Å². The van der Waals surface area contributed by atoms with Gasteiger partial charge < -0.3 is 15.2 Å². The van der Waals surface area contributed by atoms with Crippen molar-refractivity contribution < 1.29 is 22.6 Å². The average Bonchev–Trinajstić information content (AvgIpc) is 2.61. The highest BCUT2D eigenvalue weighted by atomic mass is 19.4. The highest BCUT2D eigenvalue weighted by Crippen LogP contribution is 2.36. The van der Waals surface area contributed by atoms with Gasteiger partial charge >= 0.3 is 6.18 Å². The van der Waals surface area contributed by atoms with Crippen molar-refractivity contribution in [1.29, 1.82) is 0 Å². The Morgan fingerprint density at radius 1 is 1.25 bits per heavy atom. The molecule has 0 fully saturated rings. The molecule has 0 bridgehead atoms. The van der Waals surface area contributed by atoms with Gasteiger partial charge in [0.25, 0.3) is 0 Å². The Labute approximate surface area is 89.9 Å². The highest BCUT2D eigenvalue weighted by molar-refractivity contribution is 5.45. The van der Waals surface area contributed by atoms with E-state index >= 15 is 0 Å². The summed E-state index contributed by atoms with van der Waals surface area (Å²) in [7, 11) is 0. The Balaban J connectivity index is 2.15. The minimum Gasteiger partial charge on any atom is -0.454 e. The molecule has 0 radical (unpaired) electrons. The van der Waals surface area contributed by atoms with Crippen LogP contribution in [0.25, 0.3) is 0 Å². The van der Waals surface area contributed by atoms with E-state index in [9.17, 15) is 13.2 Å². The lowest BCUT2D eigenvalue weighted by Gasteiger charge is -2.14. The number of hydrogen-bond donors (Lipinski definition) is 1. The fourth-order valence-corrected chi connectivity index (χ4v) is 1.51. The van der Waals surface area contributed by atoms with Crippen molar-refractivity contribution in [2.75, 3.05) is 6.79 Å². The van der Waals surface area contributed by atoms with Gasteiger partial charge in [-0.2, -0.15) is 13.2 Å². The first-order valence-electron chi connectivity index (χ1n) is 4.67. The molecule has 1 heterocycles. The third-order valence-corrected chi connectivity index (χ3v) is 2.28. The number of alkyl halides is 3. The van der Waals surface area contributed by atoms with E-state index in [-0.39, 0.29) is 6.79 Å². The molecule has 2 rings (SSSR count). The fraction of sp³-hybridized carbons (Fsp3) is 0.400. The lowest BCUT2D eigenvalue weighted by atomic mass is 10.0. The maximum absolute atomic E-state index is 12.1. The summed E-state index contributed by atoms with van der Waals surface area (Å²) in [6, 6.07) is 3.49. The summed E-state index contributed by atoms with van der Waals surface area (Å²) in [5, 5.41) is 0. The molecular weight excluding hydrogens is 223 g/mol. The number of benzene rings is 1. The molecule has 1 aromatic rings. The normalized spacial score (nSPS) is 16.2. The first kappa shape index (κ1) is 11.1. The molecule has 88 valence electrons. The Hall–Kier alpha value is -1.43. The second-order valence-electron chi connectivity index (χ2n) is 3.54. The van der Waals surface area contributed by atoms with Crippen LogP contribution in [0.2, 0.25) is 0 Å². The molecule has 1 aliphatic heterocycles. The summed E-state index contributed by atoms with van der Waals surface area (Å²) in [4.78, 5) is 0. The van der Waals surface area contributed by atoms with Crippen LogP contribution in [0, 0.1) is 0 Å². The van der Waals surface area contributed by atoms with Gasteiger partial charge in [-0.25, -0.2) is 0 Å². The summed E-state index contributed by atoms with van der Waals surface area (Å²) in [5.74, 6) is 0.970. The maximum Gasteiger partial charge on any atom is 0.390 e. The first-order chi connectivity index (χ1) is 7.46. The molecule has 1 aliphatic rings. The largest absolute Gasteiger partial charge is 0.454 e. The monoisotopic (exact) mass is 233 g/mol. The van der Waals surface area contributed by atoms with Gasteiger partial charge in [-0.05, 0) is 17.7 Å². The van der Waals surface area contributed by atoms with E-state index in [4.69, 9.17) is 15.2 Å². The third kappa shape index (κ3) is 2.38. The van der Waals surface area contributed by atoms with Gasteiger partial charge in [-0.1, -0.05) is 6.07 Å². The van der Waals surface area contributed by atoms with Crippen molar-refractivity contribution in [1.82, 2.24) is 0 Å². The molecule has 0 aromatic heterocycles. The second-order valence-corrected chi connectivity index (χ2v) is 3.54. The van der Waals surface area contributed by atoms with Gasteiger partial charge in [0.1, 0.15) is 0 Å².